The van der Waals surface area contributed by atoms with Crippen molar-refractivity contribution in [1.29, 1.82) is 0 Å². The summed E-state index contributed by atoms with van der Waals surface area (Å²) in [7, 11) is -1.37. The number of methoxy groups -OCH3 is 1. The highest BCUT2D eigenvalue weighted by Gasteiger charge is 2.31. The number of nitrogens with zero attached hydrogens (tertiary/aromatic N) is 1. The molecule has 20 heavy (non-hydrogen) atoms. The Bertz CT molecular complexity index is 805. The first-order valence-corrected chi connectivity index (χ1v) is 8.62. The first-order valence-electron chi connectivity index (χ1n) is 6.49. The van der Waals surface area contributed by atoms with Crippen LogP contribution in [0.25, 0.3) is 11.0 Å². The number of benzene rings is 1. The van der Waals surface area contributed by atoms with Crippen molar-refractivity contribution in [1.82, 2.24) is 9.55 Å². The summed E-state index contributed by atoms with van der Waals surface area (Å²) in [5.74, 6) is 1.02. The fraction of sp³-hybridized carbons (Fsp3) is 0.462. The van der Waals surface area contributed by atoms with Gasteiger partial charge in [0.2, 0.25) is 0 Å². The zero-order valence-corrected chi connectivity index (χ0v) is 12.8. The Labute approximate surface area is 122 Å². The monoisotopic (exact) mass is 312 g/mol. The highest BCUT2D eigenvalue weighted by atomic mass is 32.2. The predicted octanol–water partition coefficient (Wildman–Crippen LogP) is 2.28. The number of aromatic amines is 1. The van der Waals surface area contributed by atoms with Gasteiger partial charge >= 0.3 is 0 Å². The fourth-order valence-electron chi connectivity index (χ4n) is 2.71. The zero-order chi connectivity index (χ0) is 14.3. The molecule has 1 unspecified atom stereocenters. The number of nitrogens with one attached hydrogen (secondary N) is 1. The number of imidazole rings is 1. The molecule has 1 aromatic heterocycles. The number of hydrogen-bond donors (Lipinski definition) is 1. The van der Waals surface area contributed by atoms with Crippen LogP contribution in [0.2, 0.25) is 0 Å². The van der Waals surface area contributed by atoms with Gasteiger partial charge < -0.3 is 14.3 Å². The van der Waals surface area contributed by atoms with Crippen LogP contribution in [-0.2, 0) is 16.4 Å². The van der Waals surface area contributed by atoms with Crippen LogP contribution in [0.4, 0.5) is 0 Å². The molecule has 0 amide bonds. The van der Waals surface area contributed by atoms with Crippen molar-refractivity contribution < 1.29 is 13.2 Å². The Morgan fingerprint density at radius 1 is 1.50 bits per heavy atom. The third-order valence-corrected chi connectivity index (χ3v) is 6.41. The Balaban J connectivity index is 2.07. The number of fused-ring (bicyclic) bond motifs is 1. The Kier molecular flexibility index (Phi) is 3.33. The van der Waals surface area contributed by atoms with Crippen molar-refractivity contribution in [3.63, 3.8) is 0 Å². The van der Waals surface area contributed by atoms with Crippen molar-refractivity contribution in [2.75, 3.05) is 12.9 Å². The van der Waals surface area contributed by atoms with E-state index in [1.807, 2.05) is 22.8 Å². The minimum Gasteiger partial charge on any atom is -0.497 e. The van der Waals surface area contributed by atoms with Crippen LogP contribution in [-0.4, -0.2) is 36.1 Å². The summed E-state index contributed by atoms with van der Waals surface area (Å²) in [5.41, 5.74) is 1.78. The third-order valence-electron chi connectivity index (χ3n) is 3.83. The lowest BCUT2D eigenvalue weighted by atomic mass is 10.2. The molecule has 1 aromatic carbocycles. The van der Waals surface area contributed by atoms with Gasteiger partial charge in [-0.2, -0.15) is 0 Å². The number of rotatable bonds is 3. The summed E-state index contributed by atoms with van der Waals surface area (Å²) in [4.78, 5) is 3.11. The van der Waals surface area contributed by atoms with Crippen LogP contribution in [0.5, 0.6) is 5.75 Å². The van der Waals surface area contributed by atoms with Gasteiger partial charge in [-0.05, 0) is 37.2 Å². The van der Waals surface area contributed by atoms with Gasteiger partial charge in [-0.25, -0.2) is 8.42 Å². The molecule has 0 saturated carbocycles. The summed E-state index contributed by atoms with van der Waals surface area (Å²) in [6.07, 6.45) is 1.45. The lowest BCUT2D eigenvalue weighted by Crippen LogP contribution is -2.22. The summed E-state index contributed by atoms with van der Waals surface area (Å²) in [6.45, 7) is 0.411. The summed E-state index contributed by atoms with van der Waals surface area (Å²) in [6, 6.07) is 5.62. The molecule has 0 radical (unpaired) electrons. The summed E-state index contributed by atoms with van der Waals surface area (Å²) in [5, 5.41) is -0.334. The third kappa shape index (κ3) is 2.25. The average molecular weight is 312 g/mol. The lowest BCUT2D eigenvalue weighted by Gasteiger charge is -2.11. The van der Waals surface area contributed by atoms with Gasteiger partial charge in [0.1, 0.15) is 5.75 Å². The smallest absolute Gasteiger partial charge is 0.178 e. The van der Waals surface area contributed by atoms with E-state index in [-0.39, 0.29) is 11.0 Å². The van der Waals surface area contributed by atoms with Crippen LogP contribution in [0.3, 0.4) is 0 Å². The van der Waals surface area contributed by atoms with E-state index in [2.05, 4.69) is 4.98 Å². The summed E-state index contributed by atoms with van der Waals surface area (Å²) >= 11 is 5.31. The van der Waals surface area contributed by atoms with Gasteiger partial charge in [0.25, 0.3) is 0 Å². The van der Waals surface area contributed by atoms with Crippen LogP contribution in [0.1, 0.15) is 12.8 Å². The van der Waals surface area contributed by atoms with E-state index >= 15 is 0 Å². The molecule has 0 spiro atoms. The maximum atomic E-state index is 12.0. The quantitative estimate of drug-likeness (QED) is 0.883. The Hall–Kier alpha value is -1.34. The number of H-pyrrole nitrogens is 1. The largest absolute Gasteiger partial charge is 0.497 e. The Morgan fingerprint density at radius 3 is 2.95 bits per heavy atom. The number of sulfone groups is 1. The van der Waals surface area contributed by atoms with Gasteiger partial charge in [-0.15, -0.1) is 0 Å². The number of aromatic nitrogens is 2. The number of hydrogen-bond acceptors (Lipinski definition) is 4. The van der Waals surface area contributed by atoms with E-state index in [4.69, 9.17) is 17.0 Å². The lowest BCUT2D eigenvalue weighted by molar-refractivity contribution is 0.415. The van der Waals surface area contributed by atoms with Crippen LogP contribution < -0.4 is 4.74 Å². The molecule has 2 heterocycles. The Morgan fingerprint density at radius 2 is 2.30 bits per heavy atom. The van der Waals surface area contributed by atoms with E-state index in [1.165, 1.54) is 0 Å². The van der Waals surface area contributed by atoms with Crippen molar-refractivity contribution >= 4 is 33.1 Å². The minimum absolute atomic E-state index is 0.288. The topological polar surface area (TPSA) is 64.1 Å². The fourth-order valence-corrected chi connectivity index (χ4v) is 4.79. The van der Waals surface area contributed by atoms with Crippen molar-refractivity contribution in [2.45, 2.75) is 24.6 Å². The van der Waals surface area contributed by atoms with Crippen molar-refractivity contribution in [2.24, 2.45) is 0 Å². The van der Waals surface area contributed by atoms with Gasteiger partial charge in [0, 0.05) is 12.6 Å². The van der Waals surface area contributed by atoms with Crippen molar-refractivity contribution in [3.8, 4) is 5.75 Å². The second-order valence-electron chi connectivity index (χ2n) is 5.06. The molecule has 1 aliphatic rings. The molecule has 108 valence electrons. The van der Waals surface area contributed by atoms with Gasteiger partial charge in [-0.3, -0.25) is 0 Å². The van der Waals surface area contributed by atoms with Gasteiger partial charge in [0.15, 0.2) is 14.6 Å². The molecule has 7 heteroatoms. The standard InChI is InChI=1S/C13H16N2O3S2/c1-18-9-4-5-11-12(7-9)15(13(19)14-11)8-10-3-2-6-20(10,16)17/h4-5,7,10H,2-3,6,8H2,1H3,(H,14,19). The van der Waals surface area contributed by atoms with E-state index in [9.17, 15) is 8.42 Å². The van der Waals surface area contributed by atoms with Gasteiger partial charge in [0.05, 0.1) is 29.1 Å². The molecule has 3 rings (SSSR count). The zero-order valence-electron chi connectivity index (χ0n) is 11.1. The van der Waals surface area contributed by atoms with Crippen LogP contribution in [0, 0.1) is 4.77 Å². The molecule has 1 fully saturated rings. The van der Waals surface area contributed by atoms with Crippen LogP contribution in [0.15, 0.2) is 18.2 Å². The second-order valence-corrected chi connectivity index (χ2v) is 7.84. The minimum atomic E-state index is -2.98. The maximum Gasteiger partial charge on any atom is 0.178 e. The predicted molar refractivity (Wildman–Crippen MR) is 80.5 cm³/mol. The SMILES string of the molecule is COc1ccc2[nH]c(=S)n(CC3CCCS3(=O)=O)c2c1. The first-order chi connectivity index (χ1) is 9.51. The van der Waals surface area contributed by atoms with E-state index in [1.54, 1.807) is 7.11 Å². The summed E-state index contributed by atoms with van der Waals surface area (Å²) < 4.78 is 31.6. The molecule has 1 atom stereocenters. The molecule has 1 N–H and O–H groups in total. The van der Waals surface area contributed by atoms with Crippen molar-refractivity contribution in [3.05, 3.63) is 23.0 Å². The molecule has 1 aliphatic heterocycles. The maximum absolute atomic E-state index is 12.0. The van der Waals surface area contributed by atoms with E-state index < -0.39 is 9.84 Å². The molecule has 5 nitrogen and oxygen atoms in total. The van der Waals surface area contributed by atoms with Crippen LogP contribution >= 0.6 is 12.2 Å². The second kappa shape index (κ2) is 4.89. The van der Waals surface area contributed by atoms with E-state index in [0.29, 0.717) is 17.7 Å². The first kappa shape index (κ1) is 13.6. The molecular weight excluding hydrogens is 296 g/mol. The average Bonchev–Trinajstić information content (AvgIpc) is 2.90. The normalized spacial score (nSPS) is 21.4. The molecule has 2 aromatic rings. The highest BCUT2D eigenvalue weighted by Crippen LogP contribution is 2.25. The molecule has 0 aliphatic carbocycles. The molecule has 1 saturated heterocycles. The highest BCUT2D eigenvalue weighted by molar-refractivity contribution is 7.92. The van der Waals surface area contributed by atoms with E-state index in [0.717, 1.165) is 23.2 Å². The number of ether oxygens (including phenoxy) is 1. The molecular formula is C13H16N2O3S2. The molecule has 0 bridgehead atoms. The van der Waals surface area contributed by atoms with Gasteiger partial charge in [-0.1, -0.05) is 0 Å².